The minimum atomic E-state index is 0.189. The fourth-order valence-electron chi connectivity index (χ4n) is 4.97. The van der Waals surface area contributed by atoms with Gasteiger partial charge in [0.25, 0.3) is 5.91 Å². The number of fused-ring (bicyclic) bond motifs is 3. The number of hydrogen-bond acceptors (Lipinski definition) is 3. The fourth-order valence-corrected chi connectivity index (χ4v) is 5.38. The molecule has 0 bridgehead atoms. The largest absolute Gasteiger partial charge is 0.378 e. The van der Waals surface area contributed by atoms with Gasteiger partial charge >= 0.3 is 0 Å². The average Bonchev–Trinajstić information content (AvgIpc) is 3.44. The van der Waals surface area contributed by atoms with Crippen LogP contribution in [0.1, 0.15) is 52.7 Å². The van der Waals surface area contributed by atoms with E-state index in [-0.39, 0.29) is 5.91 Å². The number of nitrogens with one attached hydrogen (secondary N) is 1. The monoisotopic (exact) mass is 390 g/mol. The van der Waals surface area contributed by atoms with E-state index < -0.39 is 0 Å². The first-order valence-electron chi connectivity index (χ1n) is 10.2. The highest BCUT2D eigenvalue weighted by Gasteiger charge is 2.38. The quantitative estimate of drug-likeness (QED) is 0.557. The smallest absolute Gasteiger partial charge is 0.253 e. The normalized spacial score (nSPS) is 25.3. The number of carbonyl (C=O) groups excluding carboxylic acids is 1. The Morgan fingerprint density at radius 3 is 2.64 bits per heavy atom. The number of thioether (sulfide) groups is 1. The Balaban J connectivity index is 1.47. The summed E-state index contributed by atoms with van der Waals surface area (Å²) in [5, 5.41) is 3.79. The summed E-state index contributed by atoms with van der Waals surface area (Å²) in [5.74, 6) is 1.08. The lowest BCUT2D eigenvalue weighted by Crippen LogP contribution is -2.30. The molecule has 1 amide bonds. The van der Waals surface area contributed by atoms with Gasteiger partial charge in [0.1, 0.15) is 0 Å². The Labute approximate surface area is 171 Å². The molecule has 5 rings (SSSR count). The van der Waals surface area contributed by atoms with Crippen molar-refractivity contribution in [2.45, 2.75) is 36.1 Å². The van der Waals surface area contributed by atoms with Gasteiger partial charge < -0.3 is 10.2 Å². The number of nitrogens with zero attached hydrogens (tertiary/aromatic N) is 1. The molecule has 0 radical (unpaired) electrons. The zero-order chi connectivity index (χ0) is 19.1. The van der Waals surface area contributed by atoms with E-state index in [1.807, 2.05) is 11.0 Å². The van der Waals surface area contributed by atoms with Crippen molar-refractivity contribution in [3.8, 4) is 0 Å². The molecule has 2 aromatic rings. The number of likely N-dealkylation sites (tertiary alicyclic amines) is 1. The van der Waals surface area contributed by atoms with Gasteiger partial charge in [-0.05, 0) is 72.9 Å². The van der Waals surface area contributed by atoms with Crippen LogP contribution in [0.2, 0.25) is 0 Å². The summed E-state index contributed by atoms with van der Waals surface area (Å²) in [4.78, 5) is 16.2. The van der Waals surface area contributed by atoms with Gasteiger partial charge in [0.15, 0.2) is 0 Å². The maximum absolute atomic E-state index is 12.9. The SMILES string of the molecule is CSc1ccc(C2Nc3ccc(C(=O)N4CCCC4)cc3C3C=CCC32)cc1. The predicted molar refractivity (Wildman–Crippen MR) is 116 cm³/mol. The highest BCUT2D eigenvalue weighted by Crippen LogP contribution is 2.50. The molecule has 3 nitrogen and oxygen atoms in total. The molecule has 0 saturated carbocycles. The zero-order valence-corrected chi connectivity index (χ0v) is 17.0. The summed E-state index contributed by atoms with van der Waals surface area (Å²) in [6.45, 7) is 1.79. The highest BCUT2D eigenvalue weighted by atomic mass is 32.2. The Morgan fingerprint density at radius 1 is 1.11 bits per heavy atom. The van der Waals surface area contributed by atoms with Gasteiger partial charge in [-0.3, -0.25) is 4.79 Å². The number of carbonyl (C=O) groups is 1. The Kier molecular flexibility index (Phi) is 4.67. The molecule has 3 atom stereocenters. The predicted octanol–water partition coefficient (Wildman–Crippen LogP) is 5.47. The molecule has 28 heavy (non-hydrogen) atoms. The van der Waals surface area contributed by atoms with E-state index in [1.54, 1.807) is 11.8 Å². The topological polar surface area (TPSA) is 32.3 Å². The molecule has 1 fully saturated rings. The third kappa shape index (κ3) is 3.04. The maximum Gasteiger partial charge on any atom is 0.253 e. The molecule has 0 spiro atoms. The Morgan fingerprint density at radius 2 is 1.89 bits per heavy atom. The molecular formula is C24H26N2OS. The Hall–Kier alpha value is -2.20. The van der Waals surface area contributed by atoms with Crippen LogP contribution in [0.15, 0.2) is 59.5 Å². The fraction of sp³-hybridized carbons (Fsp3) is 0.375. The van der Waals surface area contributed by atoms with E-state index in [9.17, 15) is 4.79 Å². The van der Waals surface area contributed by atoms with Crippen molar-refractivity contribution in [1.82, 2.24) is 4.90 Å². The van der Waals surface area contributed by atoms with E-state index in [2.05, 4.69) is 60.1 Å². The van der Waals surface area contributed by atoms with Crippen LogP contribution in [-0.2, 0) is 0 Å². The number of anilines is 1. The zero-order valence-electron chi connectivity index (χ0n) is 16.2. The number of benzene rings is 2. The molecule has 2 aromatic carbocycles. The second-order valence-electron chi connectivity index (χ2n) is 8.05. The summed E-state index contributed by atoms with van der Waals surface area (Å²) in [6.07, 6.45) is 10.1. The van der Waals surface area contributed by atoms with Crippen LogP contribution >= 0.6 is 11.8 Å². The molecule has 1 aliphatic carbocycles. The molecule has 4 heteroatoms. The lowest BCUT2D eigenvalue weighted by molar-refractivity contribution is 0.0792. The minimum absolute atomic E-state index is 0.189. The molecule has 1 N–H and O–H groups in total. The van der Waals surface area contributed by atoms with E-state index >= 15 is 0 Å². The first-order valence-corrected chi connectivity index (χ1v) is 11.5. The van der Waals surface area contributed by atoms with Crippen LogP contribution in [0.25, 0.3) is 0 Å². The lowest BCUT2D eigenvalue weighted by Gasteiger charge is -2.38. The van der Waals surface area contributed by atoms with Crippen LogP contribution in [0.3, 0.4) is 0 Å². The van der Waals surface area contributed by atoms with Crippen LogP contribution < -0.4 is 5.32 Å². The summed E-state index contributed by atoms with van der Waals surface area (Å²) in [5.41, 5.74) is 4.63. The van der Waals surface area contributed by atoms with E-state index in [1.165, 1.54) is 21.7 Å². The standard InChI is InChI=1S/C24H26N2OS/c1-28-18-10-7-16(8-11-18)23-20-6-4-5-19(20)21-15-17(9-12-22(21)25-23)24(27)26-13-2-3-14-26/h4-5,7-12,15,19-20,23,25H,2-3,6,13-14H2,1H3. The van der Waals surface area contributed by atoms with Crippen molar-refractivity contribution in [1.29, 1.82) is 0 Å². The maximum atomic E-state index is 12.9. The Bertz CT molecular complexity index is 915. The number of allylic oxidation sites excluding steroid dienone is 2. The van der Waals surface area contributed by atoms with Crippen molar-refractivity contribution < 1.29 is 4.79 Å². The van der Waals surface area contributed by atoms with Crippen molar-refractivity contribution in [3.05, 3.63) is 71.3 Å². The van der Waals surface area contributed by atoms with E-state index in [4.69, 9.17) is 0 Å². The van der Waals surface area contributed by atoms with Crippen LogP contribution in [0.4, 0.5) is 5.69 Å². The van der Waals surface area contributed by atoms with Crippen LogP contribution in [-0.4, -0.2) is 30.2 Å². The van der Waals surface area contributed by atoms with E-state index in [0.717, 1.165) is 37.9 Å². The van der Waals surface area contributed by atoms with Crippen molar-refractivity contribution >= 4 is 23.4 Å². The molecule has 0 aromatic heterocycles. The second-order valence-corrected chi connectivity index (χ2v) is 8.93. The lowest BCUT2D eigenvalue weighted by atomic mass is 9.76. The van der Waals surface area contributed by atoms with E-state index in [0.29, 0.717) is 17.9 Å². The van der Waals surface area contributed by atoms with Crippen LogP contribution in [0, 0.1) is 5.92 Å². The number of amides is 1. The van der Waals surface area contributed by atoms with Gasteiger partial charge in [-0.25, -0.2) is 0 Å². The summed E-state index contributed by atoms with van der Waals surface area (Å²) in [7, 11) is 0. The van der Waals surface area contributed by atoms with Crippen LogP contribution in [0.5, 0.6) is 0 Å². The number of hydrogen-bond donors (Lipinski definition) is 1. The molecule has 144 valence electrons. The molecule has 2 aliphatic heterocycles. The van der Waals surface area contributed by atoms with Crippen molar-refractivity contribution in [2.24, 2.45) is 5.92 Å². The molecule has 3 aliphatic rings. The van der Waals surface area contributed by atoms with Crippen molar-refractivity contribution in [3.63, 3.8) is 0 Å². The number of rotatable bonds is 3. The third-order valence-electron chi connectivity index (χ3n) is 6.48. The van der Waals surface area contributed by atoms with Gasteiger partial charge in [0.05, 0.1) is 6.04 Å². The molecule has 3 unspecified atom stereocenters. The average molecular weight is 391 g/mol. The molecule has 2 heterocycles. The van der Waals surface area contributed by atoms with Gasteiger partial charge in [0, 0.05) is 35.2 Å². The first-order chi connectivity index (χ1) is 13.7. The highest BCUT2D eigenvalue weighted by molar-refractivity contribution is 7.98. The van der Waals surface area contributed by atoms with Gasteiger partial charge in [0.2, 0.25) is 0 Å². The van der Waals surface area contributed by atoms with Crippen molar-refractivity contribution in [2.75, 3.05) is 24.7 Å². The summed E-state index contributed by atoms with van der Waals surface area (Å²) in [6, 6.07) is 15.5. The molecule has 1 saturated heterocycles. The second kappa shape index (κ2) is 7.32. The first kappa shape index (κ1) is 17.9. The van der Waals surface area contributed by atoms with Gasteiger partial charge in [-0.1, -0.05) is 24.3 Å². The summed E-state index contributed by atoms with van der Waals surface area (Å²) >= 11 is 1.78. The summed E-state index contributed by atoms with van der Waals surface area (Å²) < 4.78 is 0. The van der Waals surface area contributed by atoms with Gasteiger partial charge in [-0.2, -0.15) is 0 Å². The third-order valence-corrected chi connectivity index (χ3v) is 7.22. The minimum Gasteiger partial charge on any atom is -0.378 e. The van der Waals surface area contributed by atoms with Gasteiger partial charge in [-0.15, -0.1) is 11.8 Å². The molecular weight excluding hydrogens is 364 g/mol.